The minimum Gasteiger partial charge on any atom is -0.507 e. The number of amides is 1. The molecular weight excluding hydrogens is 390 g/mol. The SMILES string of the molecule is COc1ccc(O)c(C(=O)OCC(=O)N2c3ccccc3Sc3ccccc32)c1. The van der Waals surface area contributed by atoms with E-state index in [1.165, 1.54) is 25.3 Å². The molecule has 0 bridgehead atoms. The maximum Gasteiger partial charge on any atom is 0.342 e. The Morgan fingerprint density at radius 3 is 2.21 bits per heavy atom. The highest BCUT2D eigenvalue weighted by Gasteiger charge is 2.28. The molecule has 4 rings (SSSR count). The fraction of sp³-hybridized carbons (Fsp3) is 0.0909. The Labute approximate surface area is 171 Å². The second-order valence-electron chi connectivity index (χ2n) is 6.23. The molecule has 0 spiro atoms. The molecule has 0 unspecified atom stereocenters. The van der Waals surface area contributed by atoms with Gasteiger partial charge in [0.15, 0.2) is 6.61 Å². The van der Waals surface area contributed by atoms with Crippen LogP contribution in [0.1, 0.15) is 10.4 Å². The number of phenols is 1. The van der Waals surface area contributed by atoms with Crippen molar-refractivity contribution in [2.45, 2.75) is 9.79 Å². The van der Waals surface area contributed by atoms with Crippen molar-refractivity contribution in [1.29, 1.82) is 0 Å². The Bertz CT molecular complexity index is 1050. The molecule has 1 N–H and O–H groups in total. The number of methoxy groups -OCH3 is 1. The lowest BCUT2D eigenvalue weighted by atomic mass is 10.2. The summed E-state index contributed by atoms with van der Waals surface area (Å²) in [5.41, 5.74) is 1.41. The number of aromatic hydroxyl groups is 1. The summed E-state index contributed by atoms with van der Waals surface area (Å²) in [7, 11) is 1.45. The lowest BCUT2D eigenvalue weighted by Gasteiger charge is -2.30. The number of phenolic OH excluding ortho intramolecular Hbond substituents is 1. The van der Waals surface area contributed by atoms with Gasteiger partial charge in [0.1, 0.15) is 17.1 Å². The van der Waals surface area contributed by atoms with Gasteiger partial charge in [0.25, 0.3) is 5.91 Å². The third-order valence-electron chi connectivity index (χ3n) is 4.43. The van der Waals surface area contributed by atoms with Gasteiger partial charge in [0.2, 0.25) is 0 Å². The largest absolute Gasteiger partial charge is 0.507 e. The molecule has 0 aliphatic carbocycles. The maximum atomic E-state index is 13.0. The van der Waals surface area contributed by atoms with Crippen molar-refractivity contribution >= 4 is 35.0 Å². The van der Waals surface area contributed by atoms with E-state index in [4.69, 9.17) is 9.47 Å². The lowest BCUT2D eigenvalue weighted by Crippen LogP contribution is -2.32. The molecule has 146 valence electrons. The standard InChI is InChI=1S/C22H17NO5S/c1-27-14-10-11-18(24)15(12-14)22(26)28-13-21(25)23-16-6-2-4-8-19(16)29-20-9-5-3-7-17(20)23/h2-12,24H,13H2,1H3. The van der Waals surface area contributed by atoms with Crippen molar-refractivity contribution in [3.05, 3.63) is 72.3 Å². The summed E-state index contributed by atoms with van der Waals surface area (Å²) < 4.78 is 10.3. The number of anilines is 2. The van der Waals surface area contributed by atoms with Crippen molar-refractivity contribution < 1.29 is 24.2 Å². The Kier molecular flexibility index (Phi) is 5.14. The number of para-hydroxylation sites is 2. The van der Waals surface area contributed by atoms with E-state index in [1.807, 2.05) is 48.5 Å². The van der Waals surface area contributed by atoms with E-state index >= 15 is 0 Å². The molecule has 6 nitrogen and oxygen atoms in total. The number of hydrogen-bond donors (Lipinski definition) is 1. The number of ether oxygens (including phenoxy) is 2. The Morgan fingerprint density at radius 2 is 1.59 bits per heavy atom. The van der Waals surface area contributed by atoms with Crippen LogP contribution in [0.4, 0.5) is 11.4 Å². The van der Waals surface area contributed by atoms with Crippen LogP contribution in [0.25, 0.3) is 0 Å². The van der Waals surface area contributed by atoms with Crippen LogP contribution in [0.3, 0.4) is 0 Å². The number of rotatable bonds is 4. The molecule has 7 heteroatoms. The summed E-state index contributed by atoms with van der Waals surface area (Å²) >= 11 is 1.58. The maximum absolute atomic E-state index is 13.0. The highest BCUT2D eigenvalue weighted by Crippen LogP contribution is 2.47. The van der Waals surface area contributed by atoms with Crippen LogP contribution < -0.4 is 9.64 Å². The average molecular weight is 407 g/mol. The quantitative estimate of drug-likeness (QED) is 0.647. The average Bonchev–Trinajstić information content (AvgIpc) is 2.75. The fourth-order valence-electron chi connectivity index (χ4n) is 3.05. The zero-order chi connectivity index (χ0) is 20.4. The highest BCUT2D eigenvalue weighted by atomic mass is 32.2. The summed E-state index contributed by atoms with van der Waals surface area (Å²) in [6.45, 7) is -0.469. The Hall–Kier alpha value is -3.45. The van der Waals surface area contributed by atoms with Crippen LogP contribution in [-0.2, 0) is 9.53 Å². The van der Waals surface area contributed by atoms with Gasteiger partial charge < -0.3 is 14.6 Å². The van der Waals surface area contributed by atoms with Crippen molar-refractivity contribution in [3.8, 4) is 11.5 Å². The van der Waals surface area contributed by atoms with Gasteiger partial charge in [-0.15, -0.1) is 0 Å². The molecule has 1 heterocycles. The van der Waals surface area contributed by atoms with Gasteiger partial charge in [0, 0.05) is 9.79 Å². The van der Waals surface area contributed by atoms with Crippen LogP contribution in [0, 0.1) is 0 Å². The molecule has 29 heavy (non-hydrogen) atoms. The van der Waals surface area contributed by atoms with E-state index in [0.29, 0.717) is 5.75 Å². The number of nitrogens with zero attached hydrogens (tertiary/aromatic N) is 1. The minimum atomic E-state index is -0.803. The van der Waals surface area contributed by atoms with E-state index in [1.54, 1.807) is 16.7 Å². The number of esters is 1. The fourth-order valence-corrected chi connectivity index (χ4v) is 4.11. The second kappa shape index (κ2) is 7.89. The number of benzene rings is 3. The normalized spacial score (nSPS) is 12.0. The number of carbonyl (C=O) groups is 2. The van der Waals surface area contributed by atoms with Gasteiger partial charge in [-0.25, -0.2) is 4.79 Å². The molecule has 0 fully saturated rings. The van der Waals surface area contributed by atoms with E-state index in [0.717, 1.165) is 21.2 Å². The molecular formula is C22H17NO5S. The molecule has 0 radical (unpaired) electrons. The first kappa shape index (κ1) is 18.9. The minimum absolute atomic E-state index is 0.0628. The van der Waals surface area contributed by atoms with Gasteiger partial charge in [-0.2, -0.15) is 0 Å². The van der Waals surface area contributed by atoms with Gasteiger partial charge in [-0.3, -0.25) is 9.69 Å². The zero-order valence-electron chi connectivity index (χ0n) is 15.5. The van der Waals surface area contributed by atoms with Crippen molar-refractivity contribution in [2.24, 2.45) is 0 Å². The molecule has 3 aromatic carbocycles. The van der Waals surface area contributed by atoms with Crippen molar-refractivity contribution in [3.63, 3.8) is 0 Å². The molecule has 0 aromatic heterocycles. The third-order valence-corrected chi connectivity index (χ3v) is 5.56. The van der Waals surface area contributed by atoms with Crippen molar-refractivity contribution in [2.75, 3.05) is 18.6 Å². The van der Waals surface area contributed by atoms with Gasteiger partial charge in [-0.05, 0) is 42.5 Å². The van der Waals surface area contributed by atoms with Gasteiger partial charge in [-0.1, -0.05) is 36.0 Å². The summed E-state index contributed by atoms with van der Waals surface area (Å²) in [6, 6.07) is 19.3. The number of carbonyl (C=O) groups excluding carboxylic acids is 2. The summed E-state index contributed by atoms with van der Waals surface area (Å²) in [6.07, 6.45) is 0. The van der Waals surface area contributed by atoms with Gasteiger partial charge in [0.05, 0.1) is 18.5 Å². The van der Waals surface area contributed by atoms with Crippen LogP contribution >= 0.6 is 11.8 Å². The summed E-state index contributed by atoms with van der Waals surface area (Å²) in [5.74, 6) is -1.03. The third kappa shape index (κ3) is 3.64. The van der Waals surface area contributed by atoms with Crippen LogP contribution in [0.2, 0.25) is 0 Å². The van der Waals surface area contributed by atoms with E-state index in [9.17, 15) is 14.7 Å². The Balaban J connectivity index is 1.57. The molecule has 1 aliphatic rings. The van der Waals surface area contributed by atoms with E-state index in [-0.39, 0.29) is 17.2 Å². The lowest BCUT2D eigenvalue weighted by molar-refractivity contribution is -0.121. The van der Waals surface area contributed by atoms with Gasteiger partial charge >= 0.3 is 5.97 Å². The predicted octanol–water partition coefficient (Wildman–Crippen LogP) is 4.39. The molecule has 0 saturated heterocycles. The molecule has 1 aliphatic heterocycles. The Morgan fingerprint density at radius 1 is 0.966 bits per heavy atom. The molecule has 0 atom stereocenters. The number of hydrogen-bond acceptors (Lipinski definition) is 6. The number of fused-ring (bicyclic) bond motifs is 2. The molecule has 1 amide bonds. The molecule has 0 saturated carbocycles. The van der Waals surface area contributed by atoms with Crippen LogP contribution in [-0.4, -0.2) is 30.7 Å². The predicted molar refractivity (Wildman–Crippen MR) is 109 cm³/mol. The summed E-state index contributed by atoms with van der Waals surface area (Å²) in [4.78, 5) is 28.9. The van der Waals surface area contributed by atoms with E-state index in [2.05, 4.69) is 0 Å². The second-order valence-corrected chi connectivity index (χ2v) is 7.31. The zero-order valence-corrected chi connectivity index (χ0v) is 16.3. The topological polar surface area (TPSA) is 76.1 Å². The first-order chi connectivity index (χ1) is 14.1. The van der Waals surface area contributed by atoms with Crippen molar-refractivity contribution in [1.82, 2.24) is 0 Å². The molecule has 3 aromatic rings. The summed E-state index contributed by atoms with van der Waals surface area (Å²) in [5, 5.41) is 9.92. The first-order valence-corrected chi connectivity index (χ1v) is 9.63. The smallest absolute Gasteiger partial charge is 0.342 e. The van der Waals surface area contributed by atoms with Crippen LogP contribution in [0.15, 0.2) is 76.5 Å². The highest BCUT2D eigenvalue weighted by molar-refractivity contribution is 7.99. The van der Waals surface area contributed by atoms with E-state index < -0.39 is 12.6 Å². The monoisotopic (exact) mass is 407 g/mol. The van der Waals surface area contributed by atoms with Crippen LogP contribution in [0.5, 0.6) is 11.5 Å². The first-order valence-electron chi connectivity index (χ1n) is 8.81.